The Morgan fingerprint density at radius 3 is 2.46 bits per heavy atom. The molecule has 0 N–H and O–H groups in total. The molecule has 1 saturated heterocycles. The van der Waals surface area contributed by atoms with Gasteiger partial charge in [-0.2, -0.15) is 17.5 Å². The van der Waals surface area contributed by atoms with Crippen LogP contribution in [0.4, 0.5) is 17.6 Å². The lowest BCUT2D eigenvalue weighted by atomic mass is 10.2. The van der Waals surface area contributed by atoms with E-state index in [4.69, 9.17) is 9.47 Å². The van der Waals surface area contributed by atoms with E-state index in [0.29, 0.717) is 11.6 Å². The van der Waals surface area contributed by atoms with Gasteiger partial charge in [-0.1, -0.05) is 12.1 Å². The van der Waals surface area contributed by atoms with Gasteiger partial charge in [0.15, 0.2) is 11.6 Å². The monoisotopic (exact) mass is 419 g/mol. The minimum absolute atomic E-state index is 0.0111. The van der Waals surface area contributed by atoms with Gasteiger partial charge in [0, 0.05) is 13.1 Å². The van der Waals surface area contributed by atoms with Crippen molar-refractivity contribution in [1.82, 2.24) is 4.31 Å². The quantitative estimate of drug-likeness (QED) is 0.674. The maximum atomic E-state index is 13.6. The molecule has 0 aromatic heterocycles. The molecule has 1 aliphatic heterocycles. The van der Waals surface area contributed by atoms with Gasteiger partial charge in [0.2, 0.25) is 10.0 Å². The Kier molecular flexibility index (Phi) is 5.64. The molecule has 1 heterocycles. The molecule has 2 aromatic rings. The predicted octanol–water partition coefficient (Wildman–Crippen LogP) is 3.44. The van der Waals surface area contributed by atoms with Gasteiger partial charge in [0.1, 0.15) is 0 Å². The van der Waals surface area contributed by atoms with Crippen LogP contribution in [-0.4, -0.2) is 39.0 Å². The molecule has 0 atom stereocenters. The van der Waals surface area contributed by atoms with Gasteiger partial charge in [-0.15, -0.1) is 0 Å². The van der Waals surface area contributed by atoms with E-state index in [1.54, 1.807) is 6.07 Å². The molecule has 0 saturated carbocycles. The average Bonchev–Trinajstić information content (AvgIpc) is 2.60. The molecular formula is C18H17F4NO4S. The van der Waals surface area contributed by atoms with Crippen LogP contribution in [0.25, 0.3) is 0 Å². The first kappa shape index (κ1) is 20.6. The van der Waals surface area contributed by atoms with E-state index in [1.807, 2.05) is 0 Å². The Balaban J connectivity index is 1.59. The molecule has 1 fully saturated rings. The standard InChI is InChI=1S/C18H17F4NO4S/c1-26-17-6-5-12(7-16(17)19)11-27-14-9-23(10-14)28(24,25)15-4-2-3-13(8-15)18(20,21)22/h2-8,14H,9-11H2,1H3. The molecule has 152 valence electrons. The number of hydrogen-bond acceptors (Lipinski definition) is 4. The van der Waals surface area contributed by atoms with Gasteiger partial charge >= 0.3 is 6.18 Å². The average molecular weight is 419 g/mol. The highest BCUT2D eigenvalue weighted by atomic mass is 32.2. The Hall–Kier alpha value is -2.17. The normalized spacial score (nSPS) is 16.0. The predicted molar refractivity (Wildman–Crippen MR) is 91.7 cm³/mol. The van der Waals surface area contributed by atoms with Crippen LogP contribution in [-0.2, 0) is 27.5 Å². The number of methoxy groups -OCH3 is 1. The second-order valence-corrected chi connectivity index (χ2v) is 8.19. The van der Waals surface area contributed by atoms with Crippen LogP contribution in [0.5, 0.6) is 5.75 Å². The van der Waals surface area contributed by atoms with Crippen molar-refractivity contribution in [3.05, 3.63) is 59.4 Å². The van der Waals surface area contributed by atoms with Crippen LogP contribution in [0.1, 0.15) is 11.1 Å². The second kappa shape index (κ2) is 7.69. The first-order valence-electron chi connectivity index (χ1n) is 8.22. The fraction of sp³-hybridized carbons (Fsp3) is 0.333. The topological polar surface area (TPSA) is 55.8 Å². The van der Waals surface area contributed by atoms with Crippen LogP contribution in [0.2, 0.25) is 0 Å². The van der Waals surface area contributed by atoms with E-state index < -0.39 is 38.6 Å². The lowest BCUT2D eigenvalue weighted by molar-refractivity contribution is -0.137. The van der Waals surface area contributed by atoms with Gasteiger partial charge in [0.25, 0.3) is 0 Å². The summed E-state index contributed by atoms with van der Waals surface area (Å²) in [6.07, 6.45) is -5.05. The number of halogens is 4. The lowest BCUT2D eigenvalue weighted by Gasteiger charge is -2.37. The van der Waals surface area contributed by atoms with Crippen molar-refractivity contribution in [2.45, 2.75) is 23.8 Å². The highest BCUT2D eigenvalue weighted by Gasteiger charge is 2.39. The van der Waals surface area contributed by atoms with Crippen LogP contribution in [0, 0.1) is 5.82 Å². The molecule has 0 aliphatic carbocycles. The minimum Gasteiger partial charge on any atom is -0.494 e. The van der Waals surface area contributed by atoms with Crippen molar-refractivity contribution in [2.75, 3.05) is 20.2 Å². The fourth-order valence-corrected chi connectivity index (χ4v) is 4.25. The van der Waals surface area contributed by atoms with E-state index in [9.17, 15) is 26.0 Å². The Bertz CT molecular complexity index is 956. The van der Waals surface area contributed by atoms with Gasteiger partial charge in [-0.25, -0.2) is 12.8 Å². The third-order valence-corrected chi connectivity index (χ3v) is 6.14. The van der Waals surface area contributed by atoms with Crippen molar-refractivity contribution in [2.24, 2.45) is 0 Å². The molecule has 0 unspecified atom stereocenters. The molecule has 0 bridgehead atoms. The third kappa shape index (κ3) is 4.29. The first-order chi connectivity index (χ1) is 13.1. The summed E-state index contributed by atoms with van der Waals surface area (Å²) < 4.78 is 88.4. The summed E-state index contributed by atoms with van der Waals surface area (Å²) in [4.78, 5) is -0.419. The summed E-state index contributed by atoms with van der Waals surface area (Å²) >= 11 is 0. The fourth-order valence-electron chi connectivity index (χ4n) is 2.70. The number of alkyl halides is 3. The van der Waals surface area contributed by atoms with Crippen molar-refractivity contribution in [1.29, 1.82) is 0 Å². The summed E-state index contributed by atoms with van der Waals surface area (Å²) in [5.41, 5.74) is -0.471. The van der Waals surface area contributed by atoms with Crippen LogP contribution in [0.3, 0.4) is 0 Å². The largest absolute Gasteiger partial charge is 0.494 e. The van der Waals surface area contributed by atoms with Crippen molar-refractivity contribution < 1.29 is 35.5 Å². The van der Waals surface area contributed by atoms with Crippen molar-refractivity contribution >= 4 is 10.0 Å². The lowest BCUT2D eigenvalue weighted by Crippen LogP contribution is -2.54. The molecule has 5 nitrogen and oxygen atoms in total. The van der Waals surface area contributed by atoms with Crippen LogP contribution >= 0.6 is 0 Å². The Morgan fingerprint density at radius 1 is 1.14 bits per heavy atom. The van der Waals surface area contributed by atoms with Crippen LogP contribution < -0.4 is 4.74 Å². The second-order valence-electron chi connectivity index (χ2n) is 6.25. The van der Waals surface area contributed by atoms with E-state index in [-0.39, 0.29) is 25.4 Å². The summed E-state index contributed by atoms with van der Waals surface area (Å²) in [5.74, 6) is -0.434. The molecule has 1 aliphatic rings. The number of hydrogen-bond donors (Lipinski definition) is 0. The maximum absolute atomic E-state index is 13.6. The first-order valence-corrected chi connectivity index (χ1v) is 9.66. The molecule has 3 rings (SSSR count). The van der Waals surface area contributed by atoms with Crippen molar-refractivity contribution in [3.63, 3.8) is 0 Å². The molecular weight excluding hydrogens is 402 g/mol. The summed E-state index contributed by atoms with van der Waals surface area (Å²) in [5, 5.41) is 0. The van der Waals surface area contributed by atoms with Gasteiger partial charge in [-0.05, 0) is 35.9 Å². The summed E-state index contributed by atoms with van der Waals surface area (Å²) in [6.45, 7) is 0.0947. The number of sulfonamides is 1. The Morgan fingerprint density at radius 2 is 1.86 bits per heavy atom. The SMILES string of the molecule is COc1ccc(COC2CN(S(=O)(=O)c3cccc(C(F)(F)F)c3)C2)cc1F. The summed E-state index contributed by atoms with van der Waals surface area (Å²) in [6, 6.07) is 7.95. The Labute approximate surface area is 159 Å². The minimum atomic E-state index is -4.63. The zero-order valence-corrected chi connectivity index (χ0v) is 15.6. The zero-order chi connectivity index (χ0) is 20.5. The number of nitrogens with zero attached hydrogens (tertiary/aromatic N) is 1. The molecule has 0 radical (unpaired) electrons. The van der Waals surface area contributed by atoms with Gasteiger partial charge in [-0.3, -0.25) is 0 Å². The highest BCUT2D eigenvalue weighted by molar-refractivity contribution is 7.89. The molecule has 10 heteroatoms. The molecule has 2 aromatic carbocycles. The number of ether oxygens (including phenoxy) is 2. The van der Waals surface area contributed by atoms with E-state index >= 15 is 0 Å². The van der Waals surface area contributed by atoms with E-state index in [1.165, 1.54) is 19.2 Å². The highest BCUT2D eigenvalue weighted by Crippen LogP contribution is 2.32. The van der Waals surface area contributed by atoms with Gasteiger partial charge < -0.3 is 9.47 Å². The maximum Gasteiger partial charge on any atom is 0.416 e. The smallest absolute Gasteiger partial charge is 0.416 e. The molecule has 0 amide bonds. The third-order valence-electron chi connectivity index (χ3n) is 4.32. The molecule has 28 heavy (non-hydrogen) atoms. The van der Waals surface area contributed by atoms with E-state index in [2.05, 4.69) is 0 Å². The number of benzene rings is 2. The summed E-state index contributed by atoms with van der Waals surface area (Å²) in [7, 11) is -2.69. The number of rotatable bonds is 6. The van der Waals surface area contributed by atoms with Crippen LogP contribution in [0.15, 0.2) is 47.4 Å². The molecule has 0 spiro atoms. The van der Waals surface area contributed by atoms with E-state index in [0.717, 1.165) is 22.5 Å². The van der Waals surface area contributed by atoms with Gasteiger partial charge in [0.05, 0.1) is 30.3 Å². The zero-order valence-electron chi connectivity index (χ0n) is 14.7. The van der Waals surface area contributed by atoms with Crippen molar-refractivity contribution in [3.8, 4) is 5.75 Å².